The van der Waals surface area contributed by atoms with Crippen LogP contribution in [0.25, 0.3) is 0 Å². The molecule has 1 heterocycles. The number of ketones is 1. The Bertz CT molecular complexity index is 128. The van der Waals surface area contributed by atoms with Crippen molar-refractivity contribution in [1.82, 2.24) is 5.32 Å². The van der Waals surface area contributed by atoms with Crippen molar-refractivity contribution in [3.05, 3.63) is 0 Å². The molecular weight excluding hydrogens is 128 g/mol. The molecule has 0 aromatic rings. The van der Waals surface area contributed by atoms with Crippen molar-refractivity contribution in [1.29, 1.82) is 0 Å². The SMILES string of the molecule is CC(=O)C1CCC(N)CN1. The number of rotatable bonds is 1. The van der Waals surface area contributed by atoms with E-state index < -0.39 is 0 Å². The van der Waals surface area contributed by atoms with E-state index in [9.17, 15) is 4.79 Å². The molecule has 0 saturated carbocycles. The Kier molecular flexibility index (Phi) is 2.40. The molecular formula is C7H14N2O. The summed E-state index contributed by atoms with van der Waals surface area (Å²) in [5, 5.41) is 3.09. The molecule has 1 aliphatic heterocycles. The topological polar surface area (TPSA) is 55.1 Å². The van der Waals surface area contributed by atoms with Crippen LogP contribution in [0.15, 0.2) is 0 Å². The molecule has 1 rings (SSSR count). The van der Waals surface area contributed by atoms with Gasteiger partial charge in [-0.2, -0.15) is 0 Å². The molecule has 2 unspecified atom stereocenters. The standard InChI is InChI=1S/C7H14N2O/c1-5(10)7-3-2-6(8)4-9-7/h6-7,9H,2-4,8H2,1H3. The van der Waals surface area contributed by atoms with Gasteiger partial charge in [-0.25, -0.2) is 0 Å². The zero-order valence-electron chi connectivity index (χ0n) is 6.26. The van der Waals surface area contributed by atoms with Crippen LogP contribution in [-0.4, -0.2) is 24.4 Å². The van der Waals surface area contributed by atoms with Crippen LogP contribution in [0.4, 0.5) is 0 Å². The summed E-state index contributed by atoms with van der Waals surface area (Å²) in [6.07, 6.45) is 1.87. The molecule has 58 valence electrons. The fourth-order valence-corrected chi connectivity index (χ4v) is 1.23. The van der Waals surface area contributed by atoms with Gasteiger partial charge in [-0.3, -0.25) is 4.79 Å². The smallest absolute Gasteiger partial charge is 0.146 e. The maximum atomic E-state index is 10.8. The zero-order chi connectivity index (χ0) is 7.56. The number of nitrogens with two attached hydrogens (primary N) is 1. The number of Topliss-reactive ketones (excluding diaryl/α,β-unsaturated/α-hetero) is 1. The summed E-state index contributed by atoms with van der Waals surface area (Å²) in [5.41, 5.74) is 5.62. The van der Waals surface area contributed by atoms with Crippen molar-refractivity contribution in [2.24, 2.45) is 5.73 Å². The highest BCUT2D eigenvalue weighted by molar-refractivity contribution is 5.81. The molecule has 1 saturated heterocycles. The first kappa shape index (κ1) is 7.69. The van der Waals surface area contributed by atoms with Crippen LogP contribution < -0.4 is 11.1 Å². The number of hydrogen-bond acceptors (Lipinski definition) is 3. The predicted octanol–water partition coefficient (Wildman–Crippen LogP) is -0.345. The fourth-order valence-electron chi connectivity index (χ4n) is 1.23. The van der Waals surface area contributed by atoms with Crippen molar-refractivity contribution >= 4 is 5.78 Å². The molecule has 3 heteroatoms. The van der Waals surface area contributed by atoms with E-state index in [4.69, 9.17) is 5.73 Å². The molecule has 0 aromatic carbocycles. The van der Waals surface area contributed by atoms with Gasteiger partial charge in [-0.15, -0.1) is 0 Å². The molecule has 10 heavy (non-hydrogen) atoms. The van der Waals surface area contributed by atoms with Gasteiger partial charge in [0.15, 0.2) is 0 Å². The minimum Gasteiger partial charge on any atom is -0.327 e. The largest absolute Gasteiger partial charge is 0.327 e. The van der Waals surface area contributed by atoms with Crippen molar-refractivity contribution in [3.63, 3.8) is 0 Å². The lowest BCUT2D eigenvalue weighted by Crippen LogP contribution is -2.48. The van der Waals surface area contributed by atoms with Gasteiger partial charge in [0, 0.05) is 12.6 Å². The number of carbonyl (C=O) groups is 1. The van der Waals surface area contributed by atoms with Crippen LogP contribution in [0, 0.1) is 0 Å². The first-order valence-corrected chi connectivity index (χ1v) is 3.69. The highest BCUT2D eigenvalue weighted by Crippen LogP contribution is 2.06. The van der Waals surface area contributed by atoms with E-state index in [2.05, 4.69) is 5.32 Å². The minimum atomic E-state index is 0.0693. The molecule has 3 nitrogen and oxygen atoms in total. The second kappa shape index (κ2) is 3.12. The number of nitrogens with one attached hydrogen (secondary N) is 1. The molecule has 2 atom stereocenters. The molecule has 0 amide bonds. The first-order valence-electron chi connectivity index (χ1n) is 3.69. The summed E-state index contributed by atoms with van der Waals surface area (Å²) in [6, 6.07) is 0.315. The molecule has 0 spiro atoms. The lowest BCUT2D eigenvalue weighted by Gasteiger charge is -2.25. The maximum absolute atomic E-state index is 10.8. The van der Waals surface area contributed by atoms with Crippen molar-refractivity contribution in [2.45, 2.75) is 31.8 Å². The molecule has 1 fully saturated rings. The van der Waals surface area contributed by atoms with Crippen LogP contribution >= 0.6 is 0 Å². The van der Waals surface area contributed by atoms with Gasteiger partial charge in [0.2, 0.25) is 0 Å². The minimum absolute atomic E-state index is 0.0693. The lowest BCUT2D eigenvalue weighted by molar-refractivity contribution is -0.119. The molecule has 0 aliphatic carbocycles. The molecule has 0 bridgehead atoms. The Morgan fingerprint density at radius 3 is 2.70 bits per heavy atom. The number of carbonyl (C=O) groups excluding carboxylic acids is 1. The van der Waals surface area contributed by atoms with Crippen LogP contribution in [0.5, 0.6) is 0 Å². The van der Waals surface area contributed by atoms with E-state index in [1.165, 1.54) is 0 Å². The van der Waals surface area contributed by atoms with Gasteiger partial charge in [0.25, 0.3) is 0 Å². The summed E-state index contributed by atoms with van der Waals surface area (Å²) in [7, 11) is 0. The second-order valence-electron chi connectivity index (χ2n) is 2.91. The average Bonchev–Trinajstić information content (AvgIpc) is 1.88. The quantitative estimate of drug-likeness (QED) is 0.526. The normalized spacial score (nSPS) is 33.8. The Morgan fingerprint density at radius 1 is 1.60 bits per heavy atom. The lowest BCUT2D eigenvalue weighted by atomic mass is 9.99. The first-order chi connectivity index (χ1) is 4.70. The van der Waals surface area contributed by atoms with E-state index in [1.807, 2.05) is 0 Å². The van der Waals surface area contributed by atoms with Crippen molar-refractivity contribution < 1.29 is 4.79 Å². The van der Waals surface area contributed by atoms with Gasteiger partial charge in [0.1, 0.15) is 5.78 Å². The van der Waals surface area contributed by atoms with Gasteiger partial charge in [-0.05, 0) is 19.8 Å². The van der Waals surface area contributed by atoms with Crippen LogP contribution in [0.2, 0.25) is 0 Å². The van der Waals surface area contributed by atoms with Gasteiger partial charge in [-0.1, -0.05) is 0 Å². The summed E-state index contributed by atoms with van der Waals surface area (Å²) in [4.78, 5) is 10.8. The van der Waals surface area contributed by atoms with E-state index >= 15 is 0 Å². The highest BCUT2D eigenvalue weighted by Gasteiger charge is 2.20. The number of piperidine rings is 1. The maximum Gasteiger partial charge on any atom is 0.146 e. The van der Waals surface area contributed by atoms with E-state index in [0.717, 1.165) is 19.4 Å². The molecule has 0 radical (unpaired) electrons. The summed E-state index contributed by atoms with van der Waals surface area (Å²) < 4.78 is 0. The number of hydrogen-bond donors (Lipinski definition) is 2. The highest BCUT2D eigenvalue weighted by atomic mass is 16.1. The van der Waals surface area contributed by atoms with E-state index in [1.54, 1.807) is 6.92 Å². The van der Waals surface area contributed by atoms with Crippen LogP contribution in [0.3, 0.4) is 0 Å². The Hall–Kier alpha value is -0.410. The van der Waals surface area contributed by atoms with E-state index in [-0.39, 0.29) is 17.9 Å². The van der Waals surface area contributed by atoms with E-state index in [0.29, 0.717) is 0 Å². The fraction of sp³-hybridized carbons (Fsp3) is 0.857. The summed E-state index contributed by atoms with van der Waals surface area (Å²) >= 11 is 0. The average molecular weight is 142 g/mol. The molecule has 0 aromatic heterocycles. The zero-order valence-corrected chi connectivity index (χ0v) is 6.26. The van der Waals surface area contributed by atoms with Crippen molar-refractivity contribution in [3.8, 4) is 0 Å². The predicted molar refractivity (Wildman–Crippen MR) is 39.7 cm³/mol. The van der Waals surface area contributed by atoms with Crippen LogP contribution in [0.1, 0.15) is 19.8 Å². The van der Waals surface area contributed by atoms with Crippen molar-refractivity contribution in [2.75, 3.05) is 6.54 Å². The monoisotopic (exact) mass is 142 g/mol. The third-order valence-corrected chi connectivity index (χ3v) is 1.94. The Labute approximate surface area is 61.0 Å². The summed E-state index contributed by atoms with van der Waals surface area (Å²) in [6.45, 7) is 2.40. The van der Waals surface area contributed by atoms with Crippen LogP contribution in [-0.2, 0) is 4.79 Å². The molecule has 1 aliphatic rings. The Morgan fingerprint density at radius 2 is 2.30 bits per heavy atom. The van der Waals surface area contributed by atoms with Gasteiger partial charge >= 0.3 is 0 Å². The third-order valence-electron chi connectivity index (χ3n) is 1.94. The van der Waals surface area contributed by atoms with Gasteiger partial charge in [0.05, 0.1) is 6.04 Å². The molecule has 3 N–H and O–H groups in total. The second-order valence-corrected chi connectivity index (χ2v) is 2.91. The Balaban J connectivity index is 2.33. The van der Waals surface area contributed by atoms with Gasteiger partial charge < -0.3 is 11.1 Å². The summed E-state index contributed by atoms with van der Waals surface area (Å²) in [5.74, 6) is 0.229. The third kappa shape index (κ3) is 1.78.